The number of carboxylic acid groups (broad SMARTS) is 1. The number of benzene rings is 1. The first-order chi connectivity index (χ1) is 9.43. The van der Waals surface area contributed by atoms with E-state index in [1.165, 1.54) is 18.3 Å². The van der Waals surface area contributed by atoms with Gasteiger partial charge in [0, 0.05) is 16.8 Å². The highest BCUT2D eigenvalue weighted by atomic mass is 35.5. The summed E-state index contributed by atoms with van der Waals surface area (Å²) in [7, 11) is 0. The third-order valence-corrected chi connectivity index (χ3v) is 2.97. The van der Waals surface area contributed by atoms with E-state index in [9.17, 15) is 14.0 Å². The average molecular weight is 297 g/mol. The molecular formula is C13H10ClFN2O3. The number of aromatic carboxylic acids is 1. The van der Waals surface area contributed by atoms with Crippen molar-refractivity contribution in [2.75, 3.05) is 0 Å². The van der Waals surface area contributed by atoms with Crippen molar-refractivity contribution < 1.29 is 14.3 Å². The van der Waals surface area contributed by atoms with Crippen LogP contribution in [0.2, 0.25) is 5.02 Å². The summed E-state index contributed by atoms with van der Waals surface area (Å²) < 4.78 is 14.8. The van der Waals surface area contributed by atoms with Gasteiger partial charge in [-0.3, -0.25) is 4.79 Å². The van der Waals surface area contributed by atoms with Crippen LogP contribution < -0.4 is 5.43 Å². The van der Waals surface area contributed by atoms with Crippen LogP contribution in [0.3, 0.4) is 0 Å². The second-order valence-electron chi connectivity index (χ2n) is 4.03. The van der Waals surface area contributed by atoms with Gasteiger partial charge >= 0.3 is 5.97 Å². The van der Waals surface area contributed by atoms with Crippen LogP contribution in [0.5, 0.6) is 0 Å². The van der Waals surface area contributed by atoms with Crippen molar-refractivity contribution in [1.82, 2.24) is 9.78 Å². The van der Waals surface area contributed by atoms with E-state index in [0.29, 0.717) is 6.42 Å². The van der Waals surface area contributed by atoms with Gasteiger partial charge in [0.1, 0.15) is 11.5 Å². The van der Waals surface area contributed by atoms with Crippen molar-refractivity contribution in [3.63, 3.8) is 0 Å². The minimum Gasteiger partial charge on any atom is -0.476 e. The first-order valence-corrected chi connectivity index (χ1v) is 6.13. The predicted octanol–water partition coefficient (Wildman–Crippen LogP) is 2.29. The Bertz CT molecular complexity index is 743. The first-order valence-electron chi connectivity index (χ1n) is 5.75. The summed E-state index contributed by atoms with van der Waals surface area (Å²) >= 11 is 5.79. The smallest absolute Gasteiger partial charge is 0.360 e. The molecule has 1 aromatic carbocycles. The Hall–Kier alpha value is -2.21. The minimum absolute atomic E-state index is 0.0188. The largest absolute Gasteiger partial charge is 0.476 e. The lowest BCUT2D eigenvalue weighted by molar-refractivity contribution is 0.0686. The Morgan fingerprint density at radius 3 is 2.80 bits per heavy atom. The molecule has 0 bridgehead atoms. The van der Waals surface area contributed by atoms with Crippen LogP contribution in [0.15, 0.2) is 29.2 Å². The molecule has 0 spiro atoms. The molecule has 104 valence electrons. The van der Waals surface area contributed by atoms with Crippen molar-refractivity contribution in [2.24, 2.45) is 0 Å². The number of carbonyl (C=O) groups is 1. The van der Waals surface area contributed by atoms with E-state index in [1.54, 1.807) is 6.92 Å². The molecule has 0 atom stereocenters. The summed E-state index contributed by atoms with van der Waals surface area (Å²) in [5.41, 5.74) is -1.10. The van der Waals surface area contributed by atoms with Gasteiger partial charge in [0.15, 0.2) is 0 Å². The summed E-state index contributed by atoms with van der Waals surface area (Å²) in [5.74, 6) is -2.08. The van der Waals surface area contributed by atoms with E-state index >= 15 is 0 Å². The van der Waals surface area contributed by atoms with Gasteiger partial charge in [-0.1, -0.05) is 18.5 Å². The molecule has 0 saturated heterocycles. The van der Waals surface area contributed by atoms with E-state index in [0.717, 1.165) is 10.7 Å². The Balaban J connectivity index is 2.75. The maximum Gasteiger partial charge on any atom is 0.360 e. The van der Waals surface area contributed by atoms with Gasteiger partial charge in [0.05, 0.1) is 0 Å². The maximum atomic E-state index is 13.8. The van der Waals surface area contributed by atoms with Crippen LogP contribution in [-0.4, -0.2) is 20.9 Å². The van der Waals surface area contributed by atoms with Crippen LogP contribution in [0.4, 0.5) is 4.39 Å². The van der Waals surface area contributed by atoms with Crippen molar-refractivity contribution in [3.8, 4) is 5.69 Å². The second-order valence-corrected chi connectivity index (χ2v) is 4.47. The molecule has 1 aromatic heterocycles. The van der Waals surface area contributed by atoms with Crippen LogP contribution >= 0.6 is 11.6 Å². The van der Waals surface area contributed by atoms with Crippen molar-refractivity contribution in [3.05, 3.63) is 56.7 Å². The zero-order valence-electron chi connectivity index (χ0n) is 10.4. The minimum atomic E-state index is -1.46. The number of aryl methyl sites for hydroxylation is 1. The zero-order valence-corrected chi connectivity index (χ0v) is 11.2. The SMILES string of the molecule is CCc1cn(-c2cc(Cl)ccc2F)nc(C(=O)O)c1=O. The second kappa shape index (κ2) is 5.42. The Morgan fingerprint density at radius 2 is 2.20 bits per heavy atom. The number of hydrogen-bond acceptors (Lipinski definition) is 3. The van der Waals surface area contributed by atoms with Crippen LogP contribution in [-0.2, 0) is 6.42 Å². The lowest BCUT2D eigenvalue weighted by Crippen LogP contribution is -2.24. The molecule has 7 heteroatoms. The third kappa shape index (κ3) is 2.55. The number of carboxylic acids is 1. The molecule has 0 unspecified atom stereocenters. The predicted molar refractivity (Wildman–Crippen MR) is 71.1 cm³/mol. The van der Waals surface area contributed by atoms with Gasteiger partial charge in [0.25, 0.3) is 0 Å². The summed E-state index contributed by atoms with van der Waals surface area (Å²) in [6.07, 6.45) is 1.62. The molecule has 20 heavy (non-hydrogen) atoms. The standard InChI is InChI=1S/C13H10ClFN2O3/c1-2-7-6-17(16-11(12(7)18)13(19)20)10-5-8(14)3-4-9(10)15/h3-6H,2H2,1H3,(H,19,20). The fourth-order valence-electron chi connectivity index (χ4n) is 1.72. The quantitative estimate of drug-likeness (QED) is 0.943. The van der Waals surface area contributed by atoms with Crippen molar-refractivity contribution >= 4 is 17.6 Å². The molecule has 0 amide bonds. The lowest BCUT2D eigenvalue weighted by Gasteiger charge is -2.09. The topological polar surface area (TPSA) is 72.2 Å². The average Bonchev–Trinajstić information content (AvgIpc) is 2.41. The molecule has 0 radical (unpaired) electrons. The zero-order chi connectivity index (χ0) is 14.9. The lowest BCUT2D eigenvalue weighted by atomic mass is 10.2. The molecule has 2 aromatic rings. The van der Waals surface area contributed by atoms with Gasteiger partial charge in [-0.25, -0.2) is 13.9 Å². The highest BCUT2D eigenvalue weighted by Gasteiger charge is 2.17. The number of nitrogens with zero attached hydrogens (tertiary/aromatic N) is 2. The fraction of sp³-hybridized carbons (Fsp3) is 0.154. The molecule has 0 aliphatic heterocycles. The number of aromatic nitrogens is 2. The summed E-state index contributed by atoms with van der Waals surface area (Å²) in [5, 5.41) is 12.9. The number of rotatable bonds is 3. The normalized spacial score (nSPS) is 10.6. The van der Waals surface area contributed by atoms with Gasteiger partial charge in [-0.05, 0) is 24.6 Å². The van der Waals surface area contributed by atoms with E-state index < -0.39 is 22.9 Å². The van der Waals surface area contributed by atoms with Crippen LogP contribution in [0.25, 0.3) is 5.69 Å². The van der Waals surface area contributed by atoms with E-state index in [4.69, 9.17) is 16.7 Å². The summed E-state index contributed by atoms with van der Waals surface area (Å²) in [4.78, 5) is 22.8. The maximum absolute atomic E-state index is 13.8. The third-order valence-electron chi connectivity index (χ3n) is 2.73. The Morgan fingerprint density at radius 1 is 1.50 bits per heavy atom. The molecule has 0 saturated carbocycles. The highest BCUT2D eigenvalue weighted by molar-refractivity contribution is 6.30. The van der Waals surface area contributed by atoms with Gasteiger partial charge in [-0.15, -0.1) is 0 Å². The summed E-state index contributed by atoms with van der Waals surface area (Å²) in [6, 6.07) is 3.81. The number of halogens is 2. The molecule has 5 nitrogen and oxygen atoms in total. The Kier molecular flexibility index (Phi) is 3.85. The molecule has 0 aliphatic carbocycles. The Labute approximate surface area is 118 Å². The van der Waals surface area contributed by atoms with E-state index in [1.807, 2.05) is 0 Å². The monoisotopic (exact) mass is 296 g/mol. The number of hydrogen-bond donors (Lipinski definition) is 1. The molecule has 0 fully saturated rings. The molecule has 0 aliphatic rings. The van der Waals surface area contributed by atoms with Crippen molar-refractivity contribution in [2.45, 2.75) is 13.3 Å². The van der Waals surface area contributed by atoms with Crippen molar-refractivity contribution in [1.29, 1.82) is 0 Å². The molecule has 1 heterocycles. The first kappa shape index (κ1) is 14.2. The van der Waals surface area contributed by atoms with E-state index in [-0.39, 0.29) is 16.3 Å². The molecule has 2 rings (SSSR count). The fourth-order valence-corrected chi connectivity index (χ4v) is 1.88. The van der Waals surface area contributed by atoms with Gasteiger partial charge < -0.3 is 5.11 Å². The molecular weight excluding hydrogens is 287 g/mol. The van der Waals surface area contributed by atoms with Gasteiger partial charge in [0.2, 0.25) is 11.1 Å². The highest BCUT2D eigenvalue weighted by Crippen LogP contribution is 2.18. The van der Waals surface area contributed by atoms with E-state index in [2.05, 4.69) is 5.10 Å². The molecule has 1 N–H and O–H groups in total. The van der Waals surface area contributed by atoms with Crippen LogP contribution in [0, 0.1) is 5.82 Å². The van der Waals surface area contributed by atoms with Crippen LogP contribution in [0.1, 0.15) is 23.0 Å². The summed E-state index contributed by atoms with van der Waals surface area (Å²) in [6.45, 7) is 1.70. The van der Waals surface area contributed by atoms with Gasteiger partial charge in [-0.2, -0.15) is 5.10 Å².